The highest BCUT2D eigenvalue weighted by Crippen LogP contribution is 2.26. The van der Waals surface area contributed by atoms with Crippen LogP contribution in [0.3, 0.4) is 0 Å². The normalized spacial score (nSPS) is 17.4. The first-order valence-electron chi connectivity index (χ1n) is 5.36. The number of nitrogens with zero attached hydrogens (tertiary/aromatic N) is 1. The third-order valence-corrected chi connectivity index (χ3v) is 3.68. The maximum Gasteiger partial charge on any atom is 0.135 e. The Labute approximate surface area is 99.9 Å². The van der Waals surface area contributed by atoms with Crippen LogP contribution in [0.2, 0.25) is 0 Å². The van der Waals surface area contributed by atoms with Crippen LogP contribution < -0.4 is 4.74 Å². The van der Waals surface area contributed by atoms with E-state index < -0.39 is 0 Å². The highest BCUT2D eigenvalue weighted by Gasteiger charge is 2.16. The topological polar surface area (TPSA) is 29.5 Å². The Hall–Kier alpha value is -1.00. The van der Waals surface area contributed by atoms with Crippen LogP contribution in [0.15, 0.2) is 29.2 Å². The van der Waals surface area contributed by atoms with E-state index in [0.29, 0.717) is 18.6 Å². The molecule has 1 aliphatic rings. The zero-order valence-corrected chi connectivity index (χ0v) is 10.1. The largest absolute Gasteiger partial charge is 0.497 e. The van der Waals surface area contributed by atoms with E-state index in [4.69, 9.17) is 4.74 Å². The predicted molar refractivity (Wildman–Crippen MR) is 64.7 cm³/mol. The number of Topliss-reactive ketones (excluding diaryl/α,β-unsaturated/α-hetero) is 1. The van der Waals surface area contributed by atoms with Gasteiger partial charge in [0.1, 0.15) is 11.5 Å². The second-order valence-electron chi connectivity index (χ2n) is 3.73. The van der Waals surface area contributed by atoms with Crippen molar-refractivity contribution in [3.8, 4) is 5.75 Å². The minimum absolute atomic E-state index is 0.381. The summed E-state index contributed by atoms with van der Waals surface area (Å²) in [6.45, 7) is 1.71. The standard InChI is InChI=1S/C12H15NO2S/c1-15-11-2-4-12(5-3-11)16-13-8-6-10(14)7-9-13/h2-5H,6-9H2,1H3. The molecule has 0 aromatic heterocycles. The quantitative estimate of drug-likeness (QED) is 0.755. The lowest BCUT2D eigenvalue weighted by atomic mass is 10.1. The summed E-state index contributed by atoms with van der Waals surface area (Å²) >= 11 is 1.71. The van der Waals surface area contributed by atoms with Gasteiger partial charge in [-0.25, -0.2) is 4.31 Å². The molecule has 0 N–H and O–H groups in total. The molecule has 3 nitrogen and oxygen atoms in total. The third kappa shape index (κ3) is 3.00. The molecule has 0 unspecified atom stereocenters. The van der Waals surface area contributed by atoms with E-state index in [-0.39, 0.29) is 0 Å². The van der Waals surface area contributed by atoms with Gasteiger partial charge in [0.15, 0.2) is 0 Å². The predicted octanol–water partition coefficient (Wildman–Crippen LogP) is 2.37. The van der Waals surface area contributed by atoms with Gasteiger partial charge in [0.2, 0.25) is 0 Å². The van der Waals surface area contributed by atoms with Gasteiger partial charge in [-0.3, -0.25) is 4.79 Å². The van der Waals surface area contributed by atoms with Crippen LogP contribution in [-0.2, 0) is 4.79 Å². The molecule has 0 aliphatic carbocycles. The molecule has 0 atom stereocenters. The van der Waals surface area contributed by atoms with Crippen molar-refractivity contribution in [2.75, 3.05) is 20.2 Å². The van der Waals surface area contributed by atoms with Crippen molar-refractivity contribution in [1.82, 2.24) is 4.31 Å². The monoisotopic (exact) mass is 237 g/mol. The summed E-state index contributed by atoms with van der Waals surface area (Å²) in [7, 11) is 1.67. The fraction of sp³-hybridized carbons (Fsp3) is 0.417. The molecule has 0 spiro atoms. The summed E-state index contributed by atoms with van der Waals surface area (Å²) in [4.78, 5) is 12.3. The molecule has 1 saturated heterocycles. The molecule has 1 heterocycles. The van der Waals surface area contributed by atoms with Crippen molar-refractivity contribution < 1.29 is 9.53 Å². The van der Waals surface area contributed by atoms with Gasteiger partial charge in [0, 0.05) is 30.8 Å². The molecule has 0 bridgehead atoms. The van der Waals surface area contributed by atoms with Crippen LogP contribution >= 0.6 is 11.9 Å². The lowest BCUT2D eigenvalue weighted by Gasteiger charge is -2.24. The number of piperidine rings is 1. The Balaban J connectivity index is 1.90. The number of ether oxygens (including phenoxy) is 1. The molecule has 1 aromatic rings. The number of rotatable bonds is 3. The molecule has 1 fully saturated rings. The van der Waals surface area contributed by atoms with Crippen molar-refractivity contribution in [1.29, 1.82) is 0 Å². The number of carbonyl (C=O) groups is 1. The lowest BCUT2D eigenvalue weighted by molar-refractivity contribution is -0.120. The zero-order chi connectivity index (χ0) is 11.4. The van der Waals surface area contributed by atoms with Crippen LogP contribution in [0.5, 0.6) is 5.75 Å². The van der Waals surface area contributed by atoms with Crippen molar-refractivity contribution >= 4 is 17.7 Å². The molecular weight excluding hydrogens is 222 g/mol. The molecule has 0 radical (unpaired) electrons. The van der Waals surface area contributed by atoms with E-state index in [0.717, 1.165) is 18.8 Å². The molecule has 0 amide bonds. The number of carbonyl (C=O) groups excluding carboxylic acids is 1. The minimum atomic E-state index is 0.381. The van der Waals surface area contributed by atoms with Crippen LogP contribution in [0.1, 0.15) is 12.8 Å². The van der Waals surface area contributed by atoms with E-state index in [1.165, 1.54) is 4.90 Å². The number of hydrogen-bond donors (Lipinski definition) is 0. The molecule has 2 rings (SSSR count). The first kappa shape index (κ1) is 11.5. The van der Waals surface area contributed by atoms with Crippen LogP contribution in [0.25, 0.3) is 0 Å². The van der Waals surface area contributed by atoms with Gasteiger partial charge in [-0.1, -0.05) is 0 Å². The van der Waals surface area contributed by atoms with Crippen LogP contribution in [-0.4, -0.2) is 30.3 Å². The van der Waals surface area contributed by atoms with E-state index >= 15 is 0 Å². The fourth-order valence-corrected chi connectivity index (χ4v) is 2.53. The van der Waals surface area contributed by atoms with Gasteiger partial charge >= 0.3 is 0 Å². The van der Waals surface area contributed by atoms with E-state index in [2.05, 4.69) is 4.31 Å². The van der Waals surface area contributed by atoms with E-state index in [9.17, 15) is 4.79 Å². The summed E-state index contributed by atoms with van der Waals surface area (Å²) in [5.74, 6) is 1.25. The van der Waals surface area contributed by atoms with Gasteiger partial charge in [-0.2, -0.15) is 0 Å². The second kappa shape index (κ2) is 5.37. The molecule has 1 aliphatic heterocycles. The highest BCUT2D eigenvalue weighted by molar-refractivity contribution is 7.97. The number of ketones is 1. The number of methoxy groups -OCH3 is 1. The maximum absolute atomic E-state index is 11.1. The summed E-state index contributed by atoms with van der Waals surface area (Å²) < 4.78 is 7.34. The molecule has 1 aromatic carbocycles. The van der Waals surface area contributed by atoms with Crippen molar-refractivity contribution in [3.63, 3.8) is 0 Å². The van der Waals surface area contributed by atoms with Gasteiger partial charge < -0.3 is 4.74 Å². The summed E-state index contributed by atoms with van der Waals surface area (Å²) in [6.07, 6.45) is 1.37. The molecular formula is C12H15NO2S. The first-order valence-corrected chi connectivity index (χ1v) is 6.14. The molecule has 16 heavy (non-hydrogen) atoms. The summed E-state index contributed by atoms with van der Waals surface area (Å²) in [5.41, 5.74) is 0. The Bertz CT molecular complexity index is 354. The van der Waals surface area contributed by atoms with Gasteiger partial charge in [0.05, 0.1) is 7.11 Å². The Morgan fingerprint density at radius 1 is 1.19 bits per heavy atom. The minimum Gasteiger partial charge on any atom is -0.497 e. The van der Waals surface area contributed by atoms with Crippen molar-refractivity contribution in [3.05, 3.63) is 24.3 Å². The lowest BCUT2D eigenvalue weighted by Crippen LogP contribution is -2.28. The van der Waals surface area contributed by atoms with Crippen molar-refractivity contribution in [2.24, 2.45) is 0 Å². The third-order valence-electron chi connectivity index (χ3n) is 2.57. The van der Waals surface area contributed by atoms with Gasteiger partial charge in [-0.05, 0) is 36.2 Å². The van der Waals surface area contributed by atoms with E-state index in [1.807, 2.05) is 24.3 Å². The second-order valence-corrected chi connectivity index (χ2v) is 4.90. The van der Waals surface area contributed by atoms with E-state index in [1.54, 1.807) is 19.1 Å². The first-order chi connectivity index (χ1) is 7.78. The fourth-order valence-electron chi connectivity index (χ4n) is 1.61. The number of benzene rings is 1. The Morgan fingerprint density at radius 3 is 2.38 bits per heavy atom. The highest BCUT2D eigenvalue weighted by atomic mass is 32.2. The smallest absolute Gasteiger partial charge is 0.135 e. The number of hydrogen-bond acceptors (Lipinski definition) is 4. The van der Waals surface area contributed by atoms with Gasteiger partial charge in [0.25, 0.3) is 0 Å². The average Bonchev–Trinajstić information content (AvgIpc) is 2.33. The van der Waals surface area contributed by atoms with Gasteiger partial charge in [-0.15, -0.1) is 0 Å². The van der Waals surface area contributed by atoms with Crippen LogP contribution in [0, 0.1) is 0 Å². The SMILES string of the molecule is COc1ccc(SN2CCC(=O)CC2)cc1. The molecule has 4 heteroatoms. The summed E-state index contributed by atoms with van der Waals surface area (Å²) in [5, 5.41) is 0. The Morgan fingerprint density at radius 2 is 1.81 bits per heavy atom. The maximum atomic E-state index is 11.1. The van der Waals surface area contributed by atoms with Crippen molar-refractivity contribution in [2.45, 2.75) is 17.7 Å². The Kier molecular flexibility index (Phi) is 3.85. The zero-order valence-electron chi connectivity index (χ0n) is 9.31. The van der Waals surface area contributed by atoms with Crippen LogP contribution in [0.4, 0.5) is 0 Å². The average molecular weight is 237 g/mol. The molecule has 86 valence electrons. The molecule has 0 saturated carbocycles. The summed E-state index contributed by atoms with van der Waals surface area (Å²) in [6, 6.07) is 7.99.